The van der Waals surface area contributed by atoms with Crippen molar-refractivity contribution in [2.24, 2.45) is 5.92 Å². The van der Waals surface area contributed by atoms with Crippen LogP contribution < -0.4 is 14.8 Å². The second-order valence-corrected chi connectivity index (χ2v) is 5.85. The van der Waals surface area contributed by atoms with Gasteiger partial charge in [0.05, 0.1) is 19.8 Å². The average Bonchev–Trinajstić information content (AvgIpc) is 2.36. The highest BCUT2D eigenvalue weighted by molar-refractivity contribution is 5.46. The van der Waals surface area contributed by atoms with Gasteiger partial charge in [-0.2, -0.15) is 0 Å². The minimum atomic E-state index is -0.694. The molecular weight excluding hydrogens is 254 g/mol. The van der Waals surface area contributed by atoms with E-state index in [1.807, 2.05) is 25.1 Å². The molecule has 1 aromatic rings. The summed E-state index contributed by atoms with van der Waals surface area (Å²) < 4.78 is 10.7. The third-order valence-electron chi connectivity index (χ3n) is 3.15. The zero-order chi connectivity index (χ0) is 15.2. The van der Waals surface area contributed by atoms with Gasteiger partial charge in [0, 0.05) is 18.7 Å². The summed E-state index contributed by atoms with van der Waals surface area (Å²) in [7, 11) is 3.26. The molecule has 1 unspecified atom stereocenters. The highest BCUT2D eigenvalue weighted by atomic mass is 16.5. The number of nitrogens with one attached hydrogen (secondary N) is 1. The first-order chi connectivity index (χ1) is 9.39. The Morgan fingerprint density at radius 2 is 1.95 bits per heavy atom. The lowest BCUT2D eigenvalue weighted by Crippen LogP contribution is -2.38. The highest BCUT2D eigenvalue weighted by Crippen LogP contribution is 2.30. The molecule has 1 aromatic carbocycles. The van der Waals surface area contributed by atoms with Crippen molar-refractivity contribution in [2.75, 3.05) is 20.8 Å². The summed E-state index contributed by atoms with van der Waals surface area (Å²) >= 11 is 0. The van der Waals surface area contributed by atoms with Crippen LogP contribution in [0.15, 0.2) is 18.2 Å². The van der Waals surface area contributed by atoms with E-state index < -0.39 is 5.60 Å². The summed E-state index contributed by atoms with van der Waals surface area (Å²) in [5.74, 6) is 1.94. The normalized spacial score (nSPS) is 14.2. The molecule has 2 N–H and O–H groups in total. The molecule has 0 aliphatic carbocycles. The van der Waals surface area contributed by atoms with Gasteiger partial charge in [-0.3, -0.25) is 0 Å². The van der Waals surface area contributed by atoms with Gasteiger partial charge in [-0.15, -0.1) is 0 Å². The molecule has 0 fully saturated rings. The van der Waals surface area contributed by atoms with Crippen LogP contribution in [0.25, 0.3) is 0 Å². The summed E-state index contributed by atoms with van der Waals surface area (Å²) in [4.78, 5) is 0. The summed E-state index contributed by atoms with van der Waals surface area (Å²) in [6.45, 7) is 7.27. The maximum Gasteiger partial charge on any atom is 0.165 e. The third kappa shape index (κ3) is 5.02. The van der Waals surface area contributed by atoms with Crippen LogP contribution in [0.2, 0.25) is 0 Å². The molecule has 114 valence electrons. The van der Waals surface area contributed by atoms with Gasteiger partial charge >= 0.3 is 0 Å². The van der Waals surface area contributed by atoms with Gasteiger partial charge in [-0.05, 0) is 25.3 Å². The van der Waals surface area contributed by atoms with Crippen LogP contribution in [0.4, 0.5) is 0 Å². The van der Waals surface area contributed by atoms with Gasteiger partial charge in [0.15, 0.2) is 11.5 Å². The topological polar surface area (TPSA) is 50.7 Å². The Balaban J connectivity index is 2.62. The fraction of sp³-hybridized carbons (Fsp3) is 0.625. The summed E-state index contributed by atoms with van der Waals surface area (Å²) in [6, 6.07) is 5.80. The first-order valence-corrected chi connectivity index (χ1v) is 7.02. The molecule has 0 amide bonds. The minimum Gasteiger partial charge on any atom is -0.493 e. The van der Waals surface area contributed by atoms with Gasteiger partial charge in [0.2, 0.25) is 0 Å². The first-order valence-electron chi connectivity index (χ1n) is 7.02. The second kappa shape index (κ2) is 7.50. The number of aliphatic hydroxyl groups is 1. The van der Waals surface area contributed by atoms with E-state index in [0.717, 1.165) is 23.5 Å². The molecule has 0 spiro atoms. The maximum atomic E-state index is 10.3. The minimum absolute atomic E-state index is 0.471. The van der Waals surface area contributed by atoms with E-state index in [-0.39, 0.29) is 0 Å². The molecule has 0 bridgehead atoms. The predicted octanol–water partition coefficient (Wildman–Crippen LogP) is 2.59. The Labute approximate surface area is 122 Å². The average molecular weight is 281 g/mol. The molecule has 0 saturated carbocycles. The van der Waals surface area contributed by atoms with Crippen molar-refractivity contribution in [1.82, 2.24) is 5.32 Å². The standard InChI is InChI=1S/C16H27NO3/c1-12(2)9-16(3,18)11-17-10-13-7-6-8-14(19-4)15(13)20-5/h6-8,12,17-18H,9-11H2,1-5H3. The zero-order valence-corrected chi connectivity index (χ0v) is 13.2. The van der Waals surface area contributed by atoms with E-state index >= 15 is 0 Å². The lowest BCUT2D eigenvalue weighted by molar-refractivity contribution is 0.0383. The lowest BCUT2D eigenvalue weighted by atomic mass is 9.94. The van der Waals surface area contributed by atoms with Crippen molar-refractivity contribution >= 4 is 0 Å². The molecule has 1 rings (SSSR count). The monoisotopic (exact) mass is 281 g/mol. The third-order valence-corrected chi connectivity index (χ3v) is 3.15. The maximum absolute atomic E-state index is 10.3. The van der Waals surface area contributed by atoms with E-state index in [1.54, 1.807) is 14.2 Å². The number of hydrogen-bond acceptors (Lipinski definition) is 4. The van der Waals surface area contributed by atoms with Crippen molar-refractivity contribution in [3.8, 4) is 11.5 Å². The van der Waals surface area contributed by atoms with Crippen molar-refractivity contribution in [3.05, 3.63) is 23.8 Å². The molecule has 0 aromatic heterocycles. The molecular formula is C16H27NO3. The molecule has 1 atom stereocenters. The van der Waals surface area contributed by atoms with Crippen molar-refractivity contribution in [3.63, 3.8) is 0 Å². The smallest absolute Gasteiger partial charge is 0.165 e. The summed E-state index contributed by atoms with van der Waals surface area (Å²) in [5.41, 5.74) is 0.326. The van der Waals surface area contributed by atoms with Gasteiger partial charge in [0.25, 0.3) is 0 Å². The predicted molar refractivity (Wildman–Crippen MR) is 81.3 cm³/mol. The quantitative estimate of drug-likeness (QED) is 0.769. The Hall–Kier alpha value is -1.26. The van der Waals surface area contributed by atoms with Crippen LogP contribution in [0.5, 0.6) is 11.5 Å². The number of rotatable bonds is 8. The van der Waals surface area contributed by atoms with Crippen LogP contribution in [0.3, 0.4) is 0 Å². The number of hydrogen-bond donors (Lipinski definition) is 2. The lowest BCUT2D eigenvalue weighted by Gasteiger charge is -2.26. The summed E-state index contributed by atoms with van der Waals surface area (Å²) in [6.07, 6.45) is 0.773. The van der Waals surface area contributed by atoms with Gasteiger partial charge < -0.3 is 19.9 Å². The number of para-hydroxylation sites is 1. The van der Waals surface area contributed by atoms with Crippen LogP contribution in [-0.4, -0.2) is 31.5 Å². The summed E-state index contributed by atoms with van der Waals surface area (Å²) in [5, 5.41) is 13.6. The van der Waals surface area contributed by atoms with Gasteiger partial charge in [-0.1, -0.05) is 26.0 Å². The van der Waals surface area contributed by atoms with Crippen LogP contribution in [0, 0.1) is 5.92 Å². The molecule has 0 heterocycles. The number of ether oxygens (including phenoxy) is 2. The number of methoxy groups -OCH3 is 2. The Morgan fingerprint density at radius 3 is 2.50 bits per heavy atom. The van der Waals surface area contributed by atoms with Crippen molar-refractivity contribution in [2.45, 2.75) is 39.3 Å². The Morgan fingerprint density at radius 1 is 1.25 bits per heavy atom. The van der Waals surface area contributed by atoms with Crippen LogP contribution in [-0.2, 0) is 6.54 Å². The van der Waals surface area contributed by atoms with Crippen molar-refractivity contribution in [1.29, 1.82) is 0 Å². The van der Waals surface area contributed by atoms with Crippen LogP contribution in [0.1, 0.15) is 32.8 Å². The molecule has 4 heteroatoms. The Kier molecular flexibility index (Phi) is 6.30. The van der Waals surface area contributed by atoms with Gasteiger partial charge in [0.1, 0.15) is 0 Å². The van der Waals surface area contributed by atoms with E-state index in [2.05, 4.69) is 19.2 Å². The van der Waals surface area contributed by atoms with E-state index in [4.69, 9.17) is 9.47 Å². The molecule has 20 heavy (non-hydrogen) atoms. The molecule has 0 radical (unpaired) electrons. The largest absolute Gasteiger partial charge is 0.493 e. The number of benzene rings is 1. The molecule has 4 nitrogen and oxygen atoms in total. The second-order valence-electron chi connectivity index (χ2n) is 5.85. The van der Waals surface area contributed by atoms with E-state index in [9.17, 15) is 5.11 Å². The SMILES string of the molecule is COc1cccc(CNCC(C)(O)CC(C)C)c1OC. The van der Waals surface area contributed by atoms with Crippen LogP contribution >= 0.6 is 0 Å². The molecule has 0 aliphatic heterocycles. The highest BCUT2D eigenvalue weighted by Gasteiger charge is 2.21. The molecule has 0 aliphatic rings. The first kappa shape index (κ1) is 16.8. The fourth-order valence-corrected chi connectivity index (χ4v) is 2.51. The van der Waals surface area contributed by atoms with Crippen molar-refractivity contribution < 1.29 is 14.6 Å². The van der Waals surface area contributed by atoms with E-state index in [1.165, 1.54) is 0 Å². The Bertz CT molecular complexity index is 416. The molecule has 0 saturated heterocycles. The zero-order valence-electron chi connectivity index (χ0n) is 13.2. The fourth-order valence-electron chi connectivity index (χ4n) is 2.51. The van der Waals surface area contributed by atoms with Gasteiger partial charge in [-0.25, -0.2) is 0 Å². The van der Waals surface area contributed by atoms with E-state index in [0.29, 0.717) is 19.0 Å².